The third kappa shape index (κ3) is 7.02. The third-order valence-electron chi connectivity index (χ3n) is 10.7. The molecule has 41 heavy (non-hydrogen) atoms. The van der Waals surface area contributed by atoms with Crippen molar-refractivity contribution >= 4 is 21.9 Å². The number of carbonyl (C=O) groups is 1. The fourth-order valence-corrected chi connectivity index (χ4v) is 8.02. The summed E-state index contributed by atoms with van der Waals surface area (Å²) in [5.74, 6) is -0.348. The Morgan fingerprint density at radius 2 is 1.56 bits per heavy atom. The minimum atomic E-state index is -1.11. The largest absolute Gasteiger partial charge is 0.457 e. The first-order valence-electron chi connectivity index (χ1n) is 15.7. The first kappa shape index (κ1) is 33.6. The zero-order valence-electron chi connectivity index (χ0n) is 26.8. The van der Waals surface area contributed by atoms with Crippen molar-refractivity contribution < 1.29 is 38.7 Å². The standard InChI is InChI=1S/C32H55BrO8/c1-20(34)38-28(4,5)23-14-18-30(7,39-23)22(35)13-16-29(6,36)24-10-11-25-31(8,40-24)19-15-26(37-25)32(9)17-12-21(33)27(2,3)41-32/h21-26,35-36H,10-19H2,1-9H3/t21?,22-,23-,24?,25+,26+,29+,30-,31-,32-/m1/s1. The minimum Gasteiger partial charge on any atom is -0.457 e. The number of ether oxygens (including phenoxy) is 5. The van der Waals surface area contributed by atoms with Gasteiger partial charge < -0.3 is 33.9 Å². The van der Waals surface area contributed by atoms with Crippen molar-refractivity contribution in [2.24, 2.45) is 0 Å². The fourth-order valence-electron chi connectivity index (χ4n) is 7.70. The van der Waals surface area contributed by atoms with E-state index in [1.807, 2.05) is 27.7 Å². The molecule has 4 aliphatic heterocycles. The Bertz CT molecular complexity index is 954. The molecule has 0 saturated carbocycles. The van der Waals surface area contributed by atoms with Crippen LogP contribution >= 0.6 is 15.9 Å². The van der Waals surface area contributed by atoms with E-state index in [9.17, 15) is 15.0 Å². The van der Waals surface area contributed by atoms with Gasteiger partial charge in [0.15, 0.2) is 0 Å². The molecule has 9 heteroatoms. The normalized spacial score (nSPS) is 43.6. The average molecular weight is 648 g/mol. The number of hydrogen-bond acceptors (Lipinski definition) is 8. The number of esters is 1. The number of carbonyl (C=O) groups excluding carboxylic acids is 1. The molecule has 0 aromatic carbocycles. The van der Waals surface area contributed by atoms with Crippen LogP contribution in [-0.4, -0.2) is 85.1 Å². The molecule has 2 N–H and O–H groups in total. The molecule has 8 nitrogen and oxygen atoms in total. The third-order valence-corrected chi connectivity index (χ3v) is 12.2. The molecule has 0 amide bonds. The van der Waals surface area contributed by atoms with E-state index in [0.717, 1.165) is 32.1 Å². The van der Waals surface area contributed by atoms with Gasteiger partial charge in [-0.3, -0.25) is 4.79 Å². The zero-order valence-corrected chi connectivity index (χ0v) is 28.3. The second-order valence-corrected chi connectivity index (χ2v) is 16.3. The van der Waals surface area contributed by atoms with Gasteiger partial charge in [-0.05, 0) is 120 Å². The highest BCUT2D eigenvalue weighted by molar-refractivity contribution is 9.09. The van der Waals surface area contributed by atoms with Gasteiger partial charge in [-0.1, -0.05) is 15.9 Å². The van der Waals surface area contributed by atoms with Crippen molar-refractivity contribution in [3.05, 3.63) is 0 Å². The monoisotopic (exact) mass is 646 g/mol. The van der Waals surface area contributed by atoms with E-state index < -0.39 is 28.5 Å². The zero-order chi connectivity index (χ0) is 30.6. The Labute approximate surface area is 255 Å². The van der Waals surface area contributed by atoms with E-state index in [1.165, 1.54) is 6.92 Å². The van der Waals surface area contributed by atoms with Crippen LogP contribution in [0, 0.1) is 0 Å². The van der Waals surface area contributed by atoms with Crippen LogP contribution in [0.15, 0.2) is 0 Å². The van der Waals surface area contributed by atoms with Crippen LogP contribution in [-0.2, 0) is 28.5 Å². The van der Waals surface area contributed by atoms with Gasteiger partial charge in [0.05, 0.1) is 58.5 Å². The molecule has 0 aliphatic carbocycles. The number of fused-ring (bicyclic) bond motifs is 1. The number of alkyl halides is 1. The van der Waals surface area contributed by atoms with E-state index >= 15 is 0 Å². The molecular formula is C32H55BrO8. The van der Waals surface area contributed by atoms with Crippen LogP contribution in [0.3, 0.4) is 0 Å². The van der Waals surface area contributed by atoms with Gasteiger partial charge in [0.25, 0.3) is 0 Å². The van der Waals surface area contributed by atoms with Gasteiger partial charge in [-0.15, -0.1) is 0 Å². The Kier molecular flexibility index (Phi) is 9.48. The lowest BCUT2D eigenvalue weighted by Gasteiger charge is -2.56. The predicted molar refractivity (Wildman–Crippen MR) is 160 cm³/mol. The predicted octanol–water partition coefficient (Wildman–Crippen LogP) is 5.75. The highest BCUT2D eigenvalue weighted by Crippen LogP contribution is 2.49. The Morgan fingerprint density at radius 3 is 2.20 bits per heavy atom. The summed E-state index contributed by atoms with van der Waals surface area (Å²) >= 11 is 3.79. The van der Waals surface area contributed by atoms with Crippen LogP contribution in [0.1, 0.15) is 127 Å². The molecule has 4 rings (SSSR count). The maximum Gasteiger partial charge on any atom is 0.303 e. The molecule has 2 unspecified atom stereocenters. The van der Waals surface area contributed by atoms with Crippen LogP contribution in [0.25, 0.3) is 0 Å². The maximum absolute atomic E-state index is 11.6. The average Bonchev–Trinajstić information content (AvgIpc) is 3.27. The highest BCUT2D eigenvalue weighted by atomic mass is 79.9. The van der Waals surface area contributed by atoms with Gasteiger partial charge in [0, 0.05) is 11.8 Å². The van der Waals surface area contributed by atoms with Gasteiger partial charge in [-0.25, -0.2) is 0 Å². The van der Waals surface area contributed by atoms with Gasteiger partial charge >= 0.3 is 5.97 Å². The highest BCUT2D eigenvalue weighted by Gasteiger charge is 2.55. The van der Waals surface area contributed by atoms with E-state index in [4.69, 9.17) is 23.7 Å². The molecule has 0 radical (unpaired) electrons. The molecule has 4 fully saturated rings. The summed E-state index contributed by atoms with van der Waals surface area (Å²) in [6.45, 7) is 17.4. The molecule has 0 aromatic rings. The van der Waals surface area contributed by atoms with Crippen LogP contribution < -0.4 is 0 Å². The minimum absolute atomic E-state index is 0.0115. The molecule has 4 heterocycles. The summed E-state index contributed by atoms with van der Waals surface area (Å²) in [6.07, 6.45) is 5.85. The molecule has 0 spiro atoms. The van der Waals surface area contributed by atoms with Crippen LogP contribution in [0.2, 0.25) is 0 Å². The molecule has 4 saturated heterocycles. The quantitative estimate of drug-likeness (QED) is 0.254. The topological polar surface area (TPSA) is 104 Å². The summed E-state index contributed by atoms with van der Waals surface area (Å²) in [4.78, 5) is 11.9. The summed E-state index contributed by atoms with van der Waals surface area (Å²) in [5, 5.41) is 22.8. The van der Waals surface area contributed by atoms with Crippen molar-refractivity contribution in [1.82, 2.24) is 0 Å². The summed E-state index contributed by atoms with van der Waals surface area (Å²) < 4.78 is 31.8. The summed E-state index contributed by atoms with van der Waals surface area (Å²) in [6, 6.07) is 0. The first-order chi connectivity index (χ1) is 18.7. The number of rotatable bonds is 8. The smallest absolute Gasteiger partial charge is 0.303 e. The lowest BCUT2D eigenvalue weighted by atomic mass is 9.75. The molecule has 4 aliphatic rings. The van der Waals surface area contributed by atoms with Crippen LogP contribution in [0.4, 0.5) is 0 Å². The lowest BCUT2D eigenvalue weighted by Crippen LogP contribution is -2.63. The van der Waals surface area contributed by atoms with Crippen molar-refractivity contribution in [3.8, 4) is 0 Å². The van der Waals surface area contributed by atoms with E-state index in [0.29, 0.717) is 36.9 Å². The van der Waals surface area contributed by atoms with Crippen molar-refractivity contribution in [2.45, 2.75) is 195 Å². The SMILES string of the molecule is CC(=O)OC(C)(C)[C@H]1CC[C@](C)([C@H](O)CC[C@](C)(O)C2CC[C@@H]3O[C@H]([C@@]4(C)CCC(Br)C(C)(C)O4)CC[C@@]3(C)O2)O1. The summed E-state index contributed by atoms with van der Waals surface area (Å²) in [7, 11) is 0. The number of halogens is 1. The Morgan fingerprint density at radius 1 is 0.927 bits per heavy atom. The van der Waals surface area contributed by atoms with Gasteiger partial charge in [-0.2, -0.15) is 0 Å². The first-order valence-corrected chi connectivity index (χ1v) is 16.6. The Balaban J connectivity index is 1.32. The van der Waals surface area contributed by atoms with E-state index in [2.05, 4.69) is 43.6 Å². The number of aliphatic hydroxyl groups excluding tert-OH is 1. The summed E-state index contributed by atoms with van der Waals surface area (Å²) in [5.41, 5.74) is -3.71. The van der Waals surface area contributed by atoms with E-state index in [1.54, 1.807) is 0 Å². The maximum atomic E-state index is 11.6. The van der Waals surface area contributed by atoms with E-state index in [-0.39, 0.29) is 41.6 Å². The van der Waals surface area contributed by atoms with Crippen molar-refractivity contribution in [3.63, 3.8) is 0 Å². The second kappa shape index (κ2) is 11.6. The van der Waals surface area contributed by atoms with Crippen molar-refractivity contribution in [1.29, 1.82) is 0 Å². The van der Waals surface area contributed by atoms with Crippen molar-refractivity contribution in [2.75, 3.05) is 0 Å². The number of hydrogen-bond donors (Lipinski definition) is 2. The molecular weight excluding hydrogens is 592 g/mol. The van der Waals surface area contributed by atoms with Gasteiger partial charge in [0.2, 0.25) is 0 Å². The lowest BCUT2D eigenvalue weighted by molar-refractivity contribution is -0.301. The number of aliphatic hydroxyl groups is 2. The molecule has 238 valence electrons. The second-order valence-electron chi connectivity index (χ2n) is 15.2. The van der Waals surface area contributed by atoms with Crippen LogP contribution in [0.5, 0.6) is 0 Å². The molecule has 0 aromatic heterocycles. The molecule has 10 atom stereocenters. The fraction of sp³-hybridized carbons (Fsp3) is 0.969. The van der Waals surface area contributed by atoms with Gasteiger partial charge in [0.1, 0.15) is 5.60 Å². The molecule has 0 bridgehead atoms. The Hall–Kier alpha value is -0.290.